The average molecular weight is 247 g/mol. The Morgan fingerprint density at radius 3 is 2.67 bits per heavy atom. The van der Waals surface area contributed by atoms with Gasteiger partial charge in [0.15, 0.2) is 0 Å². The fraction of sp³-hybridized carbons (Fsp3) is 0.300. The van der Waals surface area contributed by atoms with Crippen molar-refractivity contribution in [2.45, 2.75) is 13.3 Å². The van der Waals surface area contributed by atoms with Gasteiger partial charge in [-0.3, -0.25) is 4.84 Å². The van der Waals surface area contributed by atoms with Crippen LogP contribution >= 0.6 is 23.2 Å². The molecule has 15 heavy (non-hydrogen) atoms. The number of nitrogens with one attached hydrogen (secondary N) is 1. The highest BCUT2D eigenvalue weighted by Gasteiger charge is 2.01. The van der Waals surface area contributed by atoms with Crippen LogP contribution in [0.3, 0.4) is 0 Å². The van der Waals surface area contributed by atoms with Gasteiger partial charge in [-0.2, -0.15) is 10.7 Å². The topological polar surface area (TPSA) is 33.6 Å². The first-order chi connectivity index (χ1) is 7.25. The van der Waals surface area contributed by atoms with Crippen molar-refractivity contribution in [3.63, 3.8) is 0 Å². The second-order valence-corrected chi connectivity index (χ2v) is 3.65. The zero-order valence-electron chi connectivity index (χ0n) is 8.34. The van der Waals surface area contributed by atoms with Crippen molar-refractivity contribution in [3.05, 3.63) is 33.8 Å². The molecule has 0 saturated heterocycles. The third-order valence-electron chi connectivity index (χ3n) is 1.62. The van der Waals surface area contributed by atoms with Gasteiger partial charge in [0.05, 0.1) is 22.9 Å². The third kappa shape index (κ3) is 4.08. The minimum absolute atomic E-state index is 0.559. The van der Waals surface area contributed by atoms with Crippen LogP contribution in [-0.4, -0.2) is 12.8 Å². The van der Waals surface area contributed by atoms with E-state index in [-0.39, 0.29) is 0 Å². The van der Waals surface area contributed by atoms with Crippen LogP contribution in [0.25, 0.3) is 0 Å². The van der Waals surface area contributed by atoms with E-state index < -0.39 is 0 Å². The van der Waals surface area contributed by atoms with E-state index in [1.165, 1.54) is 6.21 Å². The minimum Gasteiger partial charge on any atom is -0.259 e. The molecule has 0 spiro atoms. The first kappa shape index (κ1) is 12.3. The van der Waals surface area contributed by atoms with E-state index in [0.29, 0.717) is 22.2 Å². The van der Waals surface area contributed by atoms with Crippen LogP contribution in [0.5, 0.6) is 0 Å². The molecule has 0 amide bonds. The summed E-state index contributed by atoms with van der Waals surface area (Å²) in [6.07, 6.45) is 2.45. The molecule has 0 saturated carbocycles. The summed E-state index contributed by atoms with van der Waals surface area (Å²) in [4.78, 5) is 4.95. The fourth-order valence-electron chi connectivity index (χ4n) is 0.910. The Bertz CT molecular complexity index is 322. The van der Waals surface area contributed by atoms with Crippen LogP contribution in [0.1, 0.15) is 18.9 Å². The van der Waals surface area contributed by atoms with Crippen LogP contribution in [0.15, 0.2) is 23.3 Å². The summed E-state index contributed by atoms with van der Waals surface area (Å²) < 4.78 is 0. The van der Waals surface area contributed by atoms with Crippen molar-refractivity contribution < 1.29 is 4.84 Å². The summed E-state index contributed by atoms with van der Waals surface area (Å²) in [5.41, 5.74) is 3.12. The van der Waals surface area contributed by atoms with E-state index in [1.54, 1.807) is 18.2 Å². The largest absolute Gasteiger partial charge is 0.259 e. The second kappa shape index (κ2) is 6.67. The van der Waals surface area contributed by atoms with E-state index in [0.717, 1.165) is 6.42 Å². The molecule has 1 rings (SSSR count). The van der Waals surface area contributed by atoms with Gasteiger partial charge in [-0.15, -0.1) is 0 Å². The molecule has 0 aliphatic carbocycles. The molecule has 5 heteroatoms. The predicted octanol–water partition coefficient (Wildman–Crippen LogP) is 3.26. The first-order valence-electron chi connectivity index (χ1n) is 4.59. The summed E-state index contributed by atoms with van der Waals surface area (Å²) in [6, 6.07) is 5.28. The van der Waals surface area contributed by atoms with Gasteiger partial charge >= 0.3 is 0 Å². The maximum Gasteiger partial charge on any atom is 0.0761 e. The van der Waals surface area contributed by atoms with Gasteiger partial charge in [0, 0.05) is 5.56 Å². The molecule has 0 atom stereocenters. The molecule has 0 aliphatic heterocycles. The van der Waals surface area contributed by atoms with Gasteiger partial charge in [-0.1, -0.05) is 36.2 Å². The lowest BCUT2D eigenvalue weighted by Gasteiger charge is -2.01. The summed E-state index contributed by atoms with van der Waals surface area (Å²) in [6.45, 7) is 2.62. The fourth-order valence-corrected chi connectivity index (χ4v) is 1.40. The van der Waals surface area contributed by atoms with Gasteiger partial charge in [0.25, 0.3) is 0 Å². The second-order valence-electron chi connectivity index (χ2n) is 2.83. The van der Waals surface area contributed by atoms with Gasteiger partial charge in [0.2, 0.25) is 0 Å². The van der Waals surface area contributed by atoms with Gasteiger partial charge in [0.1, 0.15) is 0 Å². The summed E-state index contributed by atoms with van der Waals surface area (Å²) >= 11 is 11.9. The highest BCUT2D eigenvalue weighted by molar-refractivity contribution is 6.38. The molecule has 0 unspecified atom stereocenters. The van der Waals surface area contributed by atoms with E-state index in [9.17, 15) is 0 Å². The lowest BCUT2D eigenvalue weighted by atomic mass is 10.2. The Kier molecular flexibility index (Phi) is 5.47. The third-order valence-corrected chi connectivity index (χ3v) is 2.28. The Balaban J connectivity index is 2.56. The van der Waals surface area contributed by atoms with Crippen LogP contribution < -0.4 is 5.59 Å². The molecule has 1 aromatic carbocycles. The molecule has 0 aliphatic rings. The number of benzene rings is 1. The number of hydrogen-bond acceptors (Lipinski definition) is 3. The monoisotopic (exact) mass is 246 g/mol. The average Bonchev–Trinajstić information content (AvgIpc) is 2.21. The van der Waals surface area contributed by atoms with Crippen molar-refractivity contribution in [2.24, 2.45) is 5.10 Å². The Morgan fingerprint density at radius 1 is 1.40 bits per heavy atom. The Morgan fingerprint density at radius 2 is 2.07 bits per heavy atom. The summed E-state index contributed by atoms with van der Waals surface area (Å²) in [7, 11) is 0. The van der Waals surface area contributed by atoms with Gasteiger partial charge in [-0.05, 0) is 18.6 Å². The van der Waals surface area contributed by atoms with E-state index in [4.69, 9.17) is 28.0 Å². The first-order valence-corrected chi connectivity index (χ1v) is 5.35. The number of nitrogens with zero attached hydrogens (tertiary/aromatic N) is 1. The zero-order valence-corrected chi connectivity index (χ0v) is 9.85. The van der Waals surface area contributed by atoms with Crippen LogP contribution in [-0.2, 0) is 4.84 Å². The molecule has 0 aromatic heterocycles. The maximum absolute atomic E-state index is 5.93. The predicted molar refractivity (Wildman–Crippen MR) is 63.4 cm³/mol. The quantitative estimate of drug-likeness (QED) is 0.492. The lowest BCUT2D eigenvalue weighted by molar-refractivity contribution is 0.0441. The summed E-state index contributed by atoms with van der Waals surface area (Å²) in [5.74, 6) is 0. The maximum atomic E-state index is 5.93. The van der Waals surface area contributed by atoms with E-state index in [2.05, 4.69) is 10.7 Å². The highest BCUT2D eigenvalue weighted by atomic mass is 35.5. The Labute approximate surface area is 99.0 Å². The molecule has 1 N–H and O–H groups in total. The zero-order chi connectivity index (χ0) is 11.1. The molecule has 0 radical (unpaired) electrons. The van der Waals surface area contributed by atoms with E-state index in [1.807, 2.05) is 6.92 Å². The SMILES string of the molecule is CCCONN=Cc1c(Cl)cccc1Cl. The van der Waals surface area contributed by atoms with Crippen molar-refractivity contribution in [1.29, 1.82) is 0 Å². The van der Waals surface area contributed by atoms with Crippen molar-refractivity contribution in [1.82, 2.24) is 5.59 Å². The highest BCUT2D eigenvalue weighted by Crippen LogP contribution is 2.21. The molecule has 0 heterocycles. The molecule has 82 valence electrons. The normalized spacial score (nSPS) is 10.9. The molecule has 1 aromatic rings. The summed E-state index contributed by atoms with van der Waals surface area (Å²) in [5, 5.41) is 4.95. The smallest absolute Gasteiger partial charge is 0.0761 e. The number of hydrogen-bond donors (Lipinski definition) is 1. The Hall–Kier alpha value is -0.770. The number of rotatable bonds is 5. The van der Waals surface area contributed by atoms with E-state index >= 15 is 0 Å². The van der Waals surface area contributed by atoms with Crippen molar-refractivity contribution in [2.75, 3.05) is 6.61 Å². The lowest BCUT2D eigenvalue weighted by Crippen LogP contribution is -2.07. The van der Waals surface area contributed by atoms with Gasteiger partial charge < -0.3 is 0 Å². The van der Waals surface area contributed by atoms with Crippen LogP contribution in [0, 0.1) is 0 Å². The minimum atomic E-state index is 0.559. The van der Waals surface area contributed by atoms with Crippen LogP contribution in [0.4, 0.5) is 0 Å². The van der Waals surface area contributed by atoms with Gasteiger partial charge in [-0.25, -0.2) is 0 Å². The van der Waals surface area contributed by atoms with Crippen LogP contribution in [0.2, 0.25) is 10.0 Å². The molecule has 0 fully saturated rings. The molecular formula is C10H12Cl2N2O. The molecular weight excluding hydrogens is 235 g/mol. The van der Waals surface area contributed by atoms with Crippen molar-refractivity contribution >= 4 is 29.4 Å². The molecule has 3 nitrogen and oxygen atoms in total. The number of halogens is 2. The number of hydrazone groups is 1. The molecule has 0 bridgehead atoms. The van der Waals surface area contributed by atoms with Crippen molar-refractivity contribution in [3.8, 4) is 0 Å². The standard InChI is InChI=1S/C10H12Cl2N2O/c1-2-6-15-14-13-7-8-9(11)4-3-5-10(8)12/h3-5,7,14H,2,6H2,1H3.